The maximum atomic E-state index is 14.0. The third-order valence-corrected chi connectivity index (χ3v) is 9.02. The van der Waals surface area contributed by atoms with Crippen molar-refractivity contribution >= 4 is 11.9 Å². The quantitative estimate of drug-likeness (QED) is 0.317. The lowest BCUT2D eigenvalue weighted by atomic mass is 9.60. The molecule has 0 amide bonds. The molecule has 5 heteroatoms. The number of hydrogen-bond acceptors (Lipinski definition) is 4. The summed E-state index contributed by atoms with van der Waals surface area (Å²) >= 11 is 0. The second-order valence-electron chi connectivity index (χ2n) is 12.4. The van der Waals surface area contributed by atoms with Gasteiger partial charge in [-0.15, -0.1) is 0 Å². The van der Waals surface area contributed by atoms with Crippen LogP contribution in [0.2, 0.25) is 0 Å². The molecule has 0 aliphatic heterocycles. The molecule has 0 unspecified atom stereocenters. The molecule has 3 aliphatic rings. The van der Waals surface area contributed by atoms with Crippen LogP contribution in [-0.4, -0.2) is 29.8 Å². The molecule has 0 aromatic heterocycles. The fourth-order valence-corrected chi connectivity index (χ4v) is 7.33. The molecule has 4 nitrogen and oxygen atoms in total. The number of halogens is 1. The summed E-state index contributed by atoms with van der Waals surface area (Å²) in [5.74, 6) is 1.17. The first-order valence-corrected chi connectivity index (χ1v) is 13.9. The van der Waals surface area contributed by atoms with Crippen molar-refractivity contribution in [1.29, 1.82) is 0 Å². The zero-order valence-electron chi connectivity index (χ0n) is 23.3. The van der Waals surface area contributed by atoms with E-state index in [9.17, 15) is 14.0 Å². The van der Waals surface area contributed by atoms with Crippen LogP contribution in [0.5, 0.6) is 0 Å². The Labute approximate surface area is 217 Å². The van der Waals surface area contributed by atoms with Crippen LogP contribution >= 0.6 is 0 Å². The summed E-state index contributed by atoms with van der Waals surface area (Å²) in [4.78, 5) is 23.2. The second-order valence-corrected chi connectivity index (χ2v) is 12.4. The van der Waals surface area contributed by atoms with E-state index in [0.717, 1.165) is 30.4 Å². The average Bonchev–Trinajstić information content (AvgIpc) is 3.10. The minimum atomic E-state index is -1.08. The van der Waals surface area contributed by atoms with Crippen molar-refractivity contribution < 1.29 is 23.5 Å². The van der Waals surface area contributed by atoms with Crippen molar-refractivity contribution in [3.8, 4) is 0 Å². The molecule has 3 saturated carbocycles. The first-order chi connectivity index (χ1) is 16.8. The zero-order valence-corrected chi connectivity index (χ0v) is 23.3. The molecule has 0 radical (unpaired) electrons. The summed E-state index contributed by atoms with van der Waals surface area (Å²) in [6.45, 7) is 15.3. The maximum Gasteiger partial charge on any atom is 0.303 e. The topological polar surface area (TPSA) is 52.6 Å². The first kappa shape index (κ1) is 28.7. The third-order valence-electron chi connectivity index (χ3n) is 9.02. The van der Waals surface area contributed by atoms with E-state index in [-0.39, 0.29) is 23.5 Å². The Kier molecular flexibility index (Phi) is 9.27. The monoisotopic (exact) mass is 502 g/mol. The van der Waals surface area contributed by atoms with Crippen molar-refractivity contribution in [2.45, 2.75) is 124 Å². The van der Waals surface area contributed by atoms with Crippen molar-refractivity contribution in [2.75, 3.05) is 0 Å². The number of hydrogen-bond donors (Lipinski definition) is 0. The molecule has 0 bridgehead atoms. The standard InChI is InChI=1S/C31H47FO4/c1-20(10-8-16-30(5,6)32)27-14-15-28-24(11-9-17-31(27,28)7)12-13-25-18-26(35-22(3)33)19-29(21(25)2)36-23(4)34/h12-13,20,26-29H,2,8-11,14-19H2,1,3-7H3/b24-12+,25-13-/t20-,26-,27-,28+,29+,31-/m1/s1. The van der Waals surface area contributed by atoms with Crippen LogP contribution in [0.3, 0.4) is 0 Å². The van der Waals surface area contributed by atoms with Crippen molar-refractivity contribution in [1.82, 2.24) is 0 Å². The van der Waals surface area contributed by atoms with Crippen molar-refractivity contribution in [3.05, 3.63) is 35.5 Å². The number of rotatable bonds is 8. The van der Waals surface area contributed by atoms with E-state index in [1.165, 1.54) is 45.1 Å². The number of carbonyl (C=O) groups excluding carboxylic acids is 2. The minimum absolute atomic E-state index is 0.289. The number of esters is 2. The van der Waals surface area contributed by atoms with Crippen molar-refractivity contribution in [3.63, 3.8) is 0 Å². The molecule has 36 heavy (non-hydrogen) atoms. The van der Waals surface area contributed by atoms with E-state index in [0.29, 0.717) is 37.0 Å². The van der Waals surface area contributed by atoms with Crippen LogP contribution in [0.4, 0.5) is 4.39 Å². The van der Waals surface area contributed by atoms with E-state index in [2.05, 4.69) is 32.6 Å². The SMILES string of the molecule is C=C1/C(=C\C=C2/CCC[C@]3(C)[C@@H]([C@H](C)CCCC(C)(C)F)CC[C@@H]23)C[C@@H](OC(C)=O)C[C@@H]1OC(C)=O. The zero-order chi connectivity index (χ0) is 26.7. The lowest BCUT2D eigenvalue weighted by molar-refractivity contribution is -0.152. The van der Waals surface area contributed by atoms with E-state index >= 15 is 0 Å². The van der Waals surface area contributed by atoms with E-state index in [1.807, 2.05) is 0 Å². The van der Waals surface area contributed by atoms with Crippen LogP contribution in [0.1, 0.15) is 106 Å². The fraction of sp³-hybridized carbons (Fsp3) is 0.742. The Morgan fingerprint density at radius 1 is 1.19 bits per heavy atom. The highest BCUT2D eigenvalue weighted by Gasteiger charge is 2.50. The molecule has 0 aromatic carbocycles. The van der Waals surface area contributed by atoms with Gasteiger partial charge in [0.25, 0.3) is 0 Å². The Bertz CT molecular complexity index is 895. The van der Waals surface area contributed by atoms with Gasteiger partial charge >= 0.3 is 11.9 Å². The van der Waals surface area contributed by atoms with Gasteiger partial charge < -0.3 is 9.47 Å². The van der Waals surface area contributed by atoms with Gasteiger partial charge in [0.15, 0.2) is 0 Å². The maximum absolute atomic E-state index is 14.0. The van der Waals surface area contributed by atoms with Gasteiger partial charge in [0.05, 0.1) is 0 Å². The minimum Gasteiger partial charge on any atom is -0.462 e. The molecule has 0 heterocycles. The van der Waals surface area contributed by atoms with Gasteiger partial charge in [-0.25, -0.2) is 4.39 Å². The molecule has 0 aromatic rings. The highest BCUT2D eigenvalue weighted by molar-refractivity contribution is 5.67. The molecule has 6 atom stereocenters. The average molecular weight is 503 g/mol. The van der Waals surface area contributed by atoms with Crippen molar-refractivity contribution in [2.24, 2.45) is 23.2 Å². The van der Waals surface area contributed by atoms with Gasteiger partial charge in [0.1, 0.15) is 17.9 Å². The molecule has 0 N–H and O–H groups in total. The number of ether oxygens (including phenoxy) is 2. The number of alkyl halides is 1. The van der Waals surface area contributed by atoms with Gasteiger partial charge in [-0.3, -0.25) is 9.59 Å². The van der Waals surface area contributed by atoms with Gasteiger partial charge in [0, 0.05) is 26.7 Å². The van der Waals surface area contributed by atoms with E-state index in [4.69, 9.17) is 9.47 Å². The van der Waals surface area contributed by atoms with Gasteiger partial charge in [-0.05, 0) is 86.7 Å². The molecule has 202 valence electrons. The Morgan fingerprint density at radius 3 is 2.53 bits per heavy atom. The van der Waals surface area contributed by atoms with Crippen LogP contribution in [-0.2, 0) is 19.1 Å². The molecule has 3 fully saturated rings. The highest BCUT2D eigenvalue weighted by Crippen LogP contribution is 2.60. The smallest absolute Gasteiger partial charge is 0.303 e. The summed E-state index contributed by atoms with van der Waals surface area (Å²) < 4.78 is 25.0. The Hall–Kier alpha value is -1.91. The summed E-state index contributed by atoms with van der Waals surface area (Å²) in [6, 6.07) is 0. The summed E-state index contributed by atoms with van der Waals surface area (Å²) in [5, 5.41) is 0. The fourth-order valence-electron chi connectivity index (χ4n) is 7.33. The Morgan fingerprint density at radius 2 is 1.89 bits per heavy atom. The van der Waals surface area contributed by atoms with Gasteiger partial charge in [0.2, 0.25) is 0 Å². The number of fused-ring (bicyclic) bond motifs is 1. The van der Waals surface area contributed by atoms with Gasteiger partial charge in [-0.1, -0.05) is 51.0 Å². The molecule has 3 rings (SSSR count). The predicted octanol–water partition coefficient (Wildman–Crippen LogP) is 7.82. The molecular weight excluding hydrogens is 455 g/mol. The normalized spacial score (nSPS) is 33.9. The molecule has 3 aliphatic carbocycles. The molecular formula is C31H47FO4. The summed E-state index contributed by atoms with van der Waals surface area (Å²) in [5.41, 5.74) is 2.51. The number of carbonyl (C=O) groups is 2. The number of allylic oxidation sites excluding steroid dienone is 3. The van der Waals surface area contributed by atoms with E-state index < -0.39 is 11.8 Å². The summed E-state index contributed by atoms with van der Waals surface area (Å²) in [7, 11) is 0. The predicted molar refractivity (Wildman–Crippen MR) is 142 cm³/mol. The van der Waals surface area contributed by atoms with Crippen LogP contribution in [0, 0.1) is 23.2 Å². The largest absolute Gasteiger partial charge is 0.462 e. The molecule has 0 spiro atoms. The van der Waals surface area contributed by atoms with Gasteiger partial charge in [-0.2, -0.15) is 0 Å². The van der Waals surface area contributed by atoms with Crippen LogP contribution < -0.4 is 0 Å². The van der Waals surface area contributed by atoms with Crippen LogP contribution in [0.15, 0.2) is 35.5 Å². The highest BCUT2D eigenvalue weighted by atomic mass is 19.1. The lowest BCUT2D eigenvalue weighted by Gasteiger charge is -2.44. The third kappa shape index (κ3) is 7.10. The molecule has 0 saturated heterocycles. The Balaban J connectivity index is 1.75. The second kappa shape index (κ2) is 11.6. The lowest BCUT2D eigenvalue weighted by Crippen LogP contribution is -2.36. The summed E-state index contributed by atoms with van der Waals surface area (Å²) in [6.07, 6.45) is 13.4. The first-order valence-electron chi connectivity index (χ1n) is 13.9. The van der Waals surface area contributed by atoms with Crippen LogP contribution in [0.25, 0.3) is 0 Å². The van der Waals surface area contributed by atoms with E-state index in [1.54, 1.807) is 13.8 Å².